The number of aldehydes is 1. The highest BCUT2D eigenvalue weighted by Gasteiger charge is 2.32. The fourth-order valence-electron chi connectivity index (χ4n) is 8.01. The number of carbonyl (C=O) groups is 2. The molecule has 3 heterocycles. The number of rotatable bonds is 12. The van der Waals surface area contributed by atoms with E-state index in [1.165, 1.54) is 6.07 Å². The summed E-state index contributed by atoms with van der Waals surface area (Å²) in [6.45, 7) is 11.4. The molecule has 1 aromatic carbocycles. The molecule has 1 atom stereocenters. The second-order valence-electron chi connectivity index (χ2n) is 14.8. The van der Waals surface area contributed by atoms with E-state index in [2.05, 4.69) is 30.3 Å². The molecule has 0 spiro atoms. The zero-order valence-electron chi connectivity index (χ0n) is 30.6. The quantitative estimate of drug-likeness (QED) is 0.146. The fourth-order valence-corrected chi connectivity index (χ4v) is 8.01. The van der Waals surface area contributed by atoms with E-state index in [0.29, 0.717) is 35.8 Å². The Bertz CT molecular complexity index is 1500. The molecule has 3 fully saturated rings. The van der Waals surface area contributed by atoms with Gasteiger partial charge < -0.3 is 31.2 Å². The molecule has 0 unspecified atom stereocenters. The summed E-state index contributed by atoms with van der Waals surface area (Å²) in [5, 5.41) is 16.2. The number of nitrogen functional groups attached to an aromatic ring is 1. The van der Waals surface area contributed by atoms with Crippen molar-refractivity contribution in [1.82, 2.24) is 20.1 Å². The molecule has 5 N–H and O–H groups in total. The molecule has 2 aliphatic heterocycles. The first-order chi connectivity index (χ1) is 23.9. The summed E-state index contributed by atoms with van der Waals surface area (Å²) in [4.78, 5) is 40.4. The number of pyridine rings is 1. The molecule has 0 bridgehead atoms. The van der Waals surface area contributed by atoms with Crippen LogP contribution in [0.25, 0.3) is 0 Å². The van der Waals surface area contributed by atoms with Crippen molar-refractivity contribution in [1.29, 1.82) is 0 Å². The number of aromatic nitrogens is 1. The number of amides is 1. The van der Waals surface area contributed by atoms with Gasteiger partial charge in [-0.15, -0.1) is 0 Å². The van der Waals surface area contributed by atoms with Gasteiger partial charge in [-0.2, -0.15) is 0 Å². The molecule has 2 saturated heterocycles. The van der Waals surface area contributed by atoms with Gasteiger partial charge in [-0.25, -0.2) is 4.39 Å². The molecule has 1 aromatic heterocycles. The predicted octanol–water partition coefficient (Wildman–Crippen LogP) is 4.21. The number of carbonyl (C=O) groups excluding carboxylic acids is 2. The summed E-state index contributed by atoms with van der Waals surface area (Å²) in [6, 6.07) is 6.77. The molecule has 12 heteroatoms. The van der Waals surface area contributed by atoms with E-state index in [1.54, 1.807) is 20.9 Å². The lowest BCUT2D eigenvalue weighted by Gasteiger charge is -2.46. The molecule has 5 rings (SSSR count). The van der Waals surface area contributed by atoms with Gasteiger partial charge in [-0.3, -0.25) is 24.6 Å². The smallest absolute Gasteiger partial charge is 0.219 e. The summed E-state index contributed by atoms with van der Waals surface area (Å²) >= 11 is 0. The number of piperidine rings is 1. The Balaban J connectivity index is 1.07. The van der Waals surface area contributed by atoms with Gasteiger partial charge in [0.05, 0.1) is 34.6 Å². The van der Waals surface area contributed by atoms with Crippen molar-refractivity contribution < 1.29 is 19.1 Å². The first-order valence-corrected chi connectivity index (χ1v) is 18.3. The van der Waals surface area contributed by atoms with E-state index in [4.69, 9.17) is 10.7 Å². The zero-order chi connectivity index (χ0) is 36.0. The largest absolute Gasteiger partial charge is 0.398 e. The molecule has 3 aliphatic rings. The van der Waals surface area contributed by atoms with Crippen LogP contribution in [0.15, 0.2) is 23.2 Å². The van der Waals surface area contributed by atoms with E-state index >= 15 is 4.39 Å². The molecular formula is C38H57FN8O3. The number of aliphatic hydroxyl groups is 1. The maximum atomic E-state index is 15.2. The molecule has 1 aliphatic carbocycles. The average Bonchev–Trinajstić information content (AvgIpc) is 3.12. The van der Waals surface area contributed by atoms with E-state index in [-0.39, 0.29) is 24.4 Å². The van der Waals surface area contributed by atoms with Crippen LogP contribution in [0.4, 0.5) is 21.5 Å². The van der Waals surface area contributed by atoms with Crippen molar-refractivity contribution in [2.45, 2.75) is 102 Å². The second kappa shape index (κ2) is 16.6. The van der Waals surface area contributed by atoms with Crippen molar-refractivity contribution >= 4 is 35.5 Å². The van der Waals surface area contributed by atoms with Crippen LogP contribution in [0.1, 0.15) is 93.6 Å². The van der Waals surface area contributed by atoms with E-state index in [9.17, 15) is 14.7 Å². The number of hydrogen-bond donors (Lipinski definition) is 4. The van der Waals surface area contributed by atoms with Crippen molar-refractivity contribution in [2.75, 3.05) is 69.3 Å². The van der Waals surface area contributed by atoms with Gasteiger partial charge in [0.25, 0.3) is 0 Å². The Morgan fingerprint density at radius 1 is 1.04 bits per heavy atom. The number of anilines is 3. The standard InChI is InChI=1S/C38H57FN8O3/c1-25-35(22-32(39)37(44-25)26(24-48)6-11-36(49)42-5)47-14-12-30(13-15-47)46-18-16-45(17-19-46)29-9-7-28(8-10-29)43-23-27-20-34(41-4)31(21-33(27)40)38(2,3)50/h20-24,26,28-30,41,50H,6-19,40H2,1-5H3,(H,42,49)/t26-,28?,29?/m0/s1. The normalized spacial score (nSPS) is 22.1. The minimum atomic E-state index is -0.988. The number of nitrogens with two attached hydrogens (primary N) is 1. The fraction of sp³-hybridized carbons (Fsp3) is 0.632. The van der Waals surface area contributed by atoms with Crippen molar-refractivity contribution in [3.8, 4) is 0 Å². The van der Waals surface area contributed by atoms with Gasteiger partial charge in [0.15, 0.2) is 0 Å². The Labute approximate surface area is 296 Å². The van der Waals surface area contributed by atoms with Crippen LogP contribution < -0.4 is 21.3 Å². The van der Waals surface area contributed by atoms with Crippen LogP contribution in [0, 0.1) is 12.7 Å². The van der Waals surface area contributed by atoms with E-state index in [0.717, 1.165) is 100 Å². The lowest BCUT2D eigenvalue weighted by Crippen LogP contribution is -2.55. The number of piperazine rings is 1. The van der Waals surface area contributed by atoms with Gasteiger partial charge in [0, 0.05) is 107 Å². The minimum Gasteiger partial charge on any atom is -0.398 e. The van der Waals surface area contributed by atoms with Crippen LogP contribution in [-0.4, -0.2) is 110 Å². The Kier molecular flexibility index (Phi) is 12.5. The third-order valence-electron chi connectivity index (χ3n) is 11.1. The van der Waals surface area contributed by atoms with Gasteiger partial charge >= 0.3 is 0 Å². The Morgan fingerprint density at radius 2 is 1.66 bits per heavy atom. The monoisotopic (exact) mass is 692 g/mol. The highest BCUT2D eigenvalue weighted by Crippen LogP contribution is 2.33. The van der Waals surface area contributed by atoms with Crippen molar-refractivity contribution in [3.63, 3.8) is 0 Å². The van der Waals surface area contributed by atoms with Crippen molar-refractivity contribution in [3.05, 3.63) is 46.5 Å². The molecule has 1 amide bonds. The van der Waals surface area contributed by atoms with Gasteiger partial charge in [-0.05, 0) is 77.8 Å². The number of halogens is 1. The maximum absolute atomic E-state index is 15.2. The summed E-state index contributed by atoms with van der Waals surface area (Å²) in [7, 11) is 3.40. The summed E-state index contributed by atoms with van der Waals surface area (Å²) in [5.41, 5.74) is 10.1. The first-order valence-electron chi connectivity index (χ1n) is 18.3. The molecule has 0 radical (unpaired) electrons. The zero-order valence-corrected chi connectivity index (χ0v) is 30.6. The lowest BCUT2D eigenvalue weighted by atomic mass is 9.90. The number of nitrogens with one attached hydrogen (secondary N) is 2. The third-order valence-corrected chi connectivity index (χ3v) is 11.1. The van der Waals surface area contributed by atoms with E-state index in [1.807, 2.05) is 32.3 Å². The number of aryl methyl sites for hydroxylation is 1. The van der Waals surface area contributed by atoms with Crippen molar-refractivity contribution in [2.24, 2.45) is 4.99 Å². The minimum absolute atomic E-state index is 0.127. The molecule has 274 valence electrons. The number of aliphatic imine (C=N–C) groups is 1. The molecule has 2 aromatic rings. The third kappa shape index (κ3) is 8.99. The van der Waals surface area contributed by atoms with Crippen LogP contribution in [-0.2, 0) is 15.2 Å². The van der Waals surface area contributed by atoms with E-state index < -0.39 is 17.3 Å². The van der Waals surface area contributed by atoms with Crippen LogP contribution in [0.3, 0.4) is 0 Å². The number of hydrogen-bond acceptors (Lipinski definition) is 10. The second-order valence-corrected chi connectivity index (χ2v) is 14.8. The van der Waals surface area contributed by atoms with Crippen LogP contribution in [0.5, 0.6) is 0 Å². The number of nitrogens with zero attached hydrogens (tertiary/aromatic N) is 5. The Hall–Kier alpha value is -3.61. The summed E-state index contributed by atoms with van der Waals surface area (Å²) < 4.78 is 15.2. The maximum Gasteiger partial charge on any atom is 0.219 e. The predicted molar refractivity (Wildman–Crippen MR) is 199 cm³/mol. The first kappa shape index (κ1) is 37.6. The molecule has 50 heavy (non-hydrogen) atoms. The van der Waals surface area contributed by atoms with Gasteiger partial charge in [0.2, 0.25) is 5.91 Å². The van der Waals surface area contributed by atoms with Gasteiger partial charge in [-0.1, -0.05) is 0 Å². The Morgan fingerprint density at radius 3 is 2.22 bits per heavy atom. The molecule has 1 saturated carbocycles. The van der Waals surface area contributed by atoms with Crippen LogP contribution in [0.2, 0.25) is 0 Å². The van der Waals surface area contributed by atoms with Crippen LogP contribution >= 0.6 is 0 Å². The lowest BCUT2D eigenvalue weighted by molar-refractivity contribution is -0.120. The topological polar surface area (TPSA) is 139 Å². The summed E-state index contributed by atoms with van der Waals surface area (Å²) in [6.07, 6.45) is 9.48. The molecule has 11 nitrogen and oxygen atoms in total. The average molecular weight is 693 g/mol. The molecular weight excluding hydrogens is 635 g/mol. The SMILES string of the molecule is CNC(=O)CC[C@@H](C=O)c1nc(C)c(N2CCC(N3CCN(C4CCC(N=Cc5cc(NC)c(C(C)(C)O)cc5N)CC4)CC3)CC2)cc1F. The highest BCUT2D eigenvalue weighted by atomic mass is 19.1. The van der Waals surface area contributed by atoms with Gasteiger partial charge in [0.1, 0.15) is 12.1 Å². The number of benzene rings is 1. The highest BCUT2D eigenvalue weighted by molar-refractivity contribution is 5.89. The summed E-state index contributed by atoms with van der Waals surface area (Å²) in [5.74, 6) is -1.40.